The molecule has 2 heterocycles. The van der Waals surface area contributed by atoms with Crippen LogP contribution in [0.3, 0.4) is 0 Å². The Bertz CT molecular complexity index is 1060. The Hall–Kier alpha value is -2.48. The van der Waals surface area contributed by atoms with E-state index in [2.05, 4.69) is 12.2 Å². The molecule has 1 aliphatic rings. The molecule has 8 heteroatoms. The highest BCUT2D eigenvalue weighted by atomic mass is 19.1. The summed E-state index contributed by atoms with van der Waals surface area (Å²) in [5.41, 5.74) is -1.47. The van der Waals surface area contributed by atoms with Crippen molar-refractivity contribution in [2.24, 2.45) is 0 Å². The zero-order valence-corrected chi connectivity index (χ0v) is 21.6. The molecule has 0 atom stereocenters. The first kappa shape index (κ1) is 28.1. The molecule has 36 heavy (non-hydrogen) atoms. The van der Waals surface area contributed by atoms with Gasteiger partial charge in [-0.25, -0.2) is 13.6 Å². The molecule has 2 N–H and O–H groups in total. The minimum atomic E-state index is -1.39. The molecule has 1 aromatic heterocycles. The third-order valence-electron chi connectivity index (χ3n) is 7.15. The van der Waals surface area contributed by atoms with E-state index in [1.54, 1.807) is 4.90 Å². The summed E-state index contributed by atoms with van der Waals surface area (Å²) in [6, 6.07) is 1.00. The van der Waals surface area contributed by atoms with Gasteiger partial charge >= 0.3 is 5.97 Å². The van der Waals surface area contributed by atoms with Crippen molar-refractivity contribution in [1.82, 2.24) is 9.88 Å². The second kappa shape index (κ2) is 14.3. The summed E-state index contributed by atoms with van der Waals surface area (Å²) in [5, 5.41) is 12.4. The van der Waals surface area contributed by atoms with Crippen LogP contribution in [0.1, 0.15) is 94.3 Å². The number of nitrogens with zero attached hydrogens (tertiary/aromatic N) is 2. The number of halogens is 2. The fraction of sp³-hybridized carbons (Fsp3) is 0.643. The highest BCUT2D eigenvalue weighted by Crippen LogP contribution is 2.30. The topological polar surface area (TPSA) is 74.6 Å². The van der Waals surface area contributed by atoms with E-state index >= 15 is 4.39 Å². The van der Waals surface area contributed by atoms with Crippen LogP contribution in [-0.4, -0.2) is 41.8 Å². The quantitative estimate of drug-likeness (QED) is 0.287. The first-order chi connectivity index (χ1) is 17.5. The van der Waals surface area contributed by atoms with Gasteiger partial charge in [0.05, 0.1) is 10.9 Å². The van der Waals surface area contributed by atoms with Crippen molar-refractivity contribution in [3.63, 3.8) is 0 Å². The summed E-state index contributed by atoms with van der Waals surface area (Å²) in [7, 11) is 0. The Labute approximate surface area is 212 Å². The molecule has 3 rings (SSSR count). The van der Waals surface area contributed by atoms with Crippen LogP contribution in [0.5, 0.6) is 0 Å². The number of unbranched alkanes of at least 4 members (excludes halogenated alkanes) is 11. The minimum Gasteiger partial charge on any atom is -0.477 e. The van der Waals surface area contributed by atoms with Gasteiger partial charge in [0, 0.05) is 38.9 Å². The maximum absolute atomic E-state index is 15.7. The lowest BCUT2D eigenvalue weighted by molar-refractivity contribution is 0.0694. The highest BCUT2D eigenvalue weighted by molar-refractivity contribution is 5.93. The number of carboxylic acid groups (broad SMARTS) is 1. The number of anilines is 1. The molecular weight excluding hydrogens is 464 g/mol. The molecule has 200 valence electrons. The summed E-state index contributed by atoms with van der Waals surface area (Å²) in [6.07, 6.45) is 15.4. The molecule has 1 aromatic carbocycles. The minimum absolute atomic E-state index is 0.0111. The van der Waals surface area contributed by atoms with Crippen molar-refractivity contribution < 1.29 is 18.7 Å². The maximum Gasteiger partial charge on any atom is 0.341 e. The molecule has 0 radical (unpaired) electrons. The Morgan fingerprint density at radius 2 is 1.50 bits per heavy atom. The average Bonchev–Trinajstić information content (AvgIpc) is 2.86. The van der Waals surface area contributed by atoms with E-state index in [1.807, 2.05) is 0 Å². The summed E-state index contributed by atoms with van der Waals surface area (Å²) >= 11 is 0. The number of piperazine rings is 1. The average molecular weight is 506 g/mol. The van der Waals surface area contributed by atoms with Gasteiger partial charge in [0.2, 0.25) is 5.43 Å². The lowest BCUT2D eigenvalue weighted by atomic mass is 10.0. The van der Waals surface area contributed by atoms with Crippen LogP contribution in [-0.2, 0) is 6.54 Å². The van der Waals surface area contributed by atoms with Crippen molar-refractivity contribution in [1.29, 1.82) is 0 Å². The number of aryl methyl sites for hydroxylation is 1. The van der Waals surface area contributed by atoms with Crippen LogP contribution >= 0.6 is 0 Å². The van der Waals surface area contributed by atoms with Crippen molar-refractivity contribution in [2.75, 3.05) is 31.1 Å². The van der Waals surface area contributed by atoms with Gasteiger partial charge in [-0.15, -0.1) is 0 Å². The number of benzene rings is 1. The number of hydrogen-bond donors (Lipinski definition) is 2. The Morgan fingerprint density at radius 3 is 2.06 bits per heavy atom. The molecule has 1 saturated heterocycles. The molecule has 0 aliphatic carbocycles. The standard InChI is InChI=1S/C28H41F2N3O3/c1-2-3-4-5-6-7-8-9-10-11-12-13-16-33-20-22(28(35)36)27(34)21-19-23(29)26(24(30)25(21)33)32-17-14-31-15-18-32/h19-20,31H,2-18H2,1H3,(H,35,36). The lowest BCUT2D eigenvalue weighted by Gasteiger charge is -2.30. The fourth-order valence-corrected chi connectivity index (χ4v) is 5.11. The number of carboxylic acids is 1. The van der Waals surface area contributed by atoms with Gasteiger partial charge in [-0.3, -0.25) is 4.79 Å². The third kappa shape index (κ3) is 7.28. The van der Waals surface area contributed by atoms with Crippen LogP contribution in [0.2, 0.25) is 0 Å². The van der Waals surface area contributed by atoms with E-state index in [9.17, 15) is 19.1 Å². The van der Waals surface area contributed by atoms with Gasteiger partial charge < -0.3 is 19.9 Å². The monoisotopic (exact) mass is 505 g/mol. The van der Waals surface area contributed by atoms with E-state index < -0.39 is 28.6 Å². The summed E-state index contributed by atoms with van der Waals surface area (Å²) in [4.78, 5) is 26.0. The molecule has 0 amide bonds. The fourth-order valence-electron chi connectivity index (χ4n) is 5.11. The second-order valence-corrected chi connectivity index (χ2v) is 9.91. The summed E-state index contributed by atoms with van der Waals surface area (Å²) in [6.45, 7) is 4.73. The van der Waals surface area contributed by atoms with Gasteiger partial charge in [0.25, 0.3) is 0 Å². The molecule has 0 spiro atoms. The largest absolute Gasteiger partial charge is 0.477 e. The number of hydrogen-bond acceptors (Lipinski definition) is 4. The molecule has 2 aromatic rings. The van der Waals surface area contributed by atoms with Gasteiger partial charge in [-0.05, 0) is 12.5 Å². The van der Waals surface area contributed by atoms with Gasteiger partial charge in [0.1, 0.15) is 17.1 Å². The van der Waals surface area contributed by atoms with Crippen LogP contribution in [0.4, 0.5) is 14.5 Å². The summed E-state index contributed by atoms with van der Waals surface area (Å²) < 4.78 is 32.2. The zero-order valence-electron chi connectivity index (χ0n) is 21.6. The normalized spacial score (nSPS) is 14.0. The Balaban J connectivity index is 1.66. The van der Waals surface area contributed by atoms with E-state index in [-0.39, 0.29) is 16.6 Å². The summed E-state index contributed by atoms with van der Waals surface area (Å²) in [5.74, 6) is -3.02. The molecule has 0 unspecified atom stereocenters. The molecule has 0 bridgehead atoms. The van der Waals surface area contributed by atoms with E-state index in [0.29, 0.717) is 32.7 Å². The Morgan fingerprint density at radius 1 is 0.944 bits per heavy atom. The first-order valence-electron chi connectivity index (χ1n) is 13.7. The number of fused-ring (bicyclic) bond motifs is 1. The van der Waals surface area contributed by atoms with Crippen molar-refractivity contribution in [2.45, 2.75) is 90.5 Å². The highest BCUT2D eigenvalue weighted by Gasteiger charge is 2.25. The number of carbonyl (C=O) groups is 1. The van der Waals surface area contributed by atoms with Crippen molar-refractivity contribution >= 4 is 22.6 Å². The van der Waals surface area contributed by atoms with Crippen molar-refractivity contribution in [3.8, 4) is 0 Å². The zero-order chi connectivity index (χ0) is 25.9. The van der Waals surface area contributed by atoms with Crippen molar-refractivity contribution in [3.05, 3.63) is 39.7 Å². The lowest BCUT2D eigenvalue weighted by Crippen LogP contribution is -2.44. The van der Waals surface area contributed by atoms with E-state index in [0.717, 1.165) is 31.7 Å². The molecule has 1 aliphatic heterocycles. The molecule has 6 nitrogen and oxygen atoms in total. The van der Waals surface area contributed by atoms with Crippen LogP contribution < -0.4 is 15.6 Å². The third-order valence-corrected chi connectivity index (χ3v) is 7.15. The molecule has 1 fully saturated rings. The number of aromatic carboxylic acids is 1. The smallest absolute Gasteiger partial charge is 0.341 e. The first-order valence-corrected chi connectivity index (χ1v) is 13.7. The van der Waals surface area contributed by atoms with Gasteiger partial charge in [0.15, 0.2) is 5.82 Å². The van der Waals surface area contributed by atoms with Crippen LogP contribution in [0.25, 0.3) is 10.9 Å². The Kier molecular flexibility index (Phi) is 11.2. The number of rotatable bonds is 15. The number of pyridine rings is 1. The van der Waals surface area contributed by atoms with Gasteiger partial charge in [-0.2, -0.15) is 0 Å². The maximum atomic E-state index is 15.7. The van der Waals surface area contributed by atoms with Crippen LogP contribution in [0, 0.1) is 11.6 Å². The van der Waals surface area contributed by atoms with E-state index in [4.69, 9.17) is 0 Å². The van der Waals surface area contributed by atoms with E-state index in [1.165, 1.54) is 62.1 Å². The number of nitrogens with one attached hydrogen (secondary N) is 1. The van der Waals surface area contributed by atoms with Crippen LogP contribution in [0.15, 0.2) is 17.1 Å². The predicted molar refractivity (Wildman–Crippen MR) is 141 cm³/mol. The molecular formula is C28H41F2N3O3. The number of aromatic nitrogens is 1. The van der Waals surface area contributed by atoms with Gasteiger partial charge in [-0.1, -0.05) is 77.6 Å². The predicted octanol–water partition coefficient (Wildman–Crippen LogP) is 6.09. The second-order valence-electron chi connectivity index (χ2n) is 9.91. The molecule has 0 saturated carbocycles. The SMILES string of the molecule is CCCCCCCCCCCCCCn1cc(C(=O)O)c(=O)c2cc(F)c(N3CCNCC3)c(F)c21.